The van der Waals surface area contributed by atoms with Crippen LogP contribution in [0.2, 0.25) is 0 Å². The number of nitrogens with zero attached hydrogens (tertiary/aromatic N) is 2. The number of benzene rings is 3. The summed E-state index contributed by atoms with van der Waals surface area (Å²) < 4.78 is 41.8. The monoisotopic (exact) mass is 562 g/mol. The molecule has 1 unspecified atom stereocenters. The zero-order chi connectivity index (χ0) is 28.7. The fraction of sp³-hybridized carbons (Fsp3) is 0.300. The number of aliphatic hydroxyl groups is 2. The van der Waals surface area contributed by atoms with Crippen molar-refractivity contribution in [1.29, 1.82) is 0 Å². The van der Waals surface area contributed by atoms with Gasteiger partial charge >= 0.3 is 0 Å². The van der Waals surface area contributed by atoms with Gasteiger partial charge in [-0.15, -0.1) is 0 Å². The average Bonchev–Trinajstić information content (AvgIpc) is 3.37. The highest BCUT2D eigenvalue weighted by atomic mass is 19.1. The number of amides is 1. The van der Waals surface area contributed by atoms with Crippen molar-refractivity contribution in [3.8, 4) is 28.3 Å². The molecule has 9 nitrogen and oxygen atoms in total. The topological polar surface area (TPSA) is 129 Å². The zero-order valence-electron chi connectivity index (χ0n) is 22.1. The maximum absolute atomic E-state index is 15.6. The van der Waals surface area contributed by atoms with E-state index in [9.17, 15) is 15.0 Å². The summed E-state index contributed by atoms with van der Waals surface area (Å²) in [7, 11) is 0. The molecular weight excluding hydrogens is 534 g/mol. The van der Waals surface area contributed by atoms with Crippen LogP contribution in [-0.4, -0.2) is 63.3 Å². The fourth-order valence-electron chi connectivity index (χ4n) is 5.29. The molecule has 212 valence electrons. The summed E-state index contributed by atoms with van der Waals surface area (Å²) in [6.07, 6.45) is -1.41. The van der Waals surface area contributed by atoms with Crippen LogP contribution in [0.4, 0.5) is 8.78 Å². The van der Waals surface area contributed by atoms with Gasteiger partial charge in [0.15, 0.2) is 5.82 Å². The number of nitrogens with one attached hydrogen (secondary N) is 2. The Labute approximate surface area is 233 Å². The van der Waals surface area contributed by atoms with Gasteiger partial charge in [0.2, 0.25) is 5.91 Å². The van der Waals surface area contributed by atoms with Crippen molar-refractivity contribution in [2.75, 3.05) is 13.2 Å². The zero-order valence-corrected chi connectivity index (χ0v) is 22.1. The largest absolute Gasteiger partial charge is 0.459 e. The van der Waals surface area contributed by atoms with Gasteiger partial charge in [0.25, 0.3) is 6.01 Å². The molecule has 41 heavy (non-hydrogen) atoms. The minimum Gasteiger partial charge on any atom is -0.459 e. The lowest BCUT2D eigenvalue weighted by atomic mass is 9.90. The van der Waals surface area contributed by atoms with Crippen molar-refractivity contribution in [3.63, 3.8) is 0 Å². The van der Waals surface area contributed by atoms with Crippen molar-refractivity contribution in [2.45, 2.75) is 44.0 Å². The number of imidazole rings is 1. The summed E-state index contributed by atoms with van der Waals surface area (Å²) in [4.78, 5) is 19.2. The van der Waals surface area contributed by atoms with Crippen LogP contribution in [0.3, 0.4) is 0 Å². The van der Waals surface area contributed by atoms with E-state index in [0.29, 0.717) is 12.0 Å². The van der Waals surface area contributed by atoms with Crippen LogP contribution in [0.1, 0.15) is 31.2 Å². The second-order valence-corrected chi connectivity index (χ2v) is 10.4. The lowest BCUT2D eigenvalue weighted by Crippen LogP contribution is -2.45. The minimum atomic E-state index is -0.914. The van der Waals surface area contributed by atoms with Crippen LogP contribution >= 0.6 is 0 Å². The molecule has 1 amide bonds. The SMILES string of the molecule is CC1=NNC(=O)C(c2ccc(-c3ccc(-c4c(F)cc5[nH]c(O[C@H]6CO[C@H](CO)[C@@H](O)C6)nc5c4F)cc3)cc2)C1. The van der Waals surface area contributed by atoms with Crippen molar-refractivity contribution in [2.24, 2.45) is 5.10 Å². The molecule has 1 saturated heterocycles. The van der Waals surface area contributed by atoms with Gasteiger partial charge in [0, 0.05) is 24.6 Å². The van der Waals surface area contributed by atoms with E-state index in [-0.39, 0.29) is 54.1 Å². The number of halogens is 2. The maximum Gasteiger partial charge on any atom is 0.295 e. The predicted molar refractivity (Wildman–Crippen MR) is 147 cm³/mol. The number of aliphatic hydroxyl groups excluding tert-OH is 2. The second-order valence-electron chi connectivity index (χ2n) is 10.4. The summed E-state index contributed by atoms with van der Waals surface area (Å²) in [5.74, 6) is -2.01. The standard InChI is InChI=1S/C30H28F2N4O5/c1-15-10-21(29(39)36-35-15)18-6-2-16(3-7-18)17-4-8-19(9-5-17)26-22(31)12-23-28(27(26)32)34-30(33-23)41-20-11-24(38)25(13-37)40-14-20/h2-9,12,20-21,24-25,37-38H,10-11,13-14H2,1H3,(H,33,34)(H,36,39)/t20-,21?,24+,25-/m1/s1. The highest BCUT2D eigenvalue weighted by Crippen LogP contribution is 2.34. The second kappa shape index (κ2) is 11.0. The van der Waals surface area contributed by atoms with Crippen LogP contribution in [0.25, 0.3) is 33.3 Å². The van der Waals surface area contributed by atoms with Crippen molar-refractivity contribution in [1.82, 2.24) is 15.4 Å². The molecule has 1 fully saturated rings. The first-order valence-corrected chi connectivity index (χ1v) is 13.3. The van der Waals surface area contributed by atoms with E-state index in [1.807, 2.05) is 31.2 Å². The molecular formula is C30H28F2N4O5. The van der Waals surface area contributed by atoms with E-state index < -0.39 is 29.9 Å². The molecule has 6 rings (SSSR count). The third-order valence-electron chi connectivity index (χ3n) is 7.53. The van der Waals surface area contributed by atoms with E-state index in [2.05, 4.69) is 20.5 Å². The number of fused-ring (bicyclic) bond motifs is 1. The van der Waals surface area contributed by atoms with Crippen molar-refractivity contribution in [3.05, 3.63) is 71.8 Å². The number of rotatable bonds is 6. The molecule has 4 atom stereocenters. The molecule has 3 heterocycles. The first-order chi connectivity index (χ1) is 19.8. The number of H-pyrrole nitrogens is 1. The van der Waals surface area contributed by atoms with E-state index in [4.69, 9.17) is 9.47 Å². The average molecular weight is 563 g/mol. The Morgan fingerprint density at radius 2 is 1.76 bits per heavy atom. The lowest BCUT2D eigenvalue weighted by Gasteiger charge is -2.31. The predicted octanol–water partition coefficient (Wildman–Crippen LogP) is 4.04. The Bertz CT molecular complexity index is 1620. The Morgan fingerprint density at radius 3 is 2.44 bits per heavy atom. The van der Waals surface area contributed by atoms with Gasteiger partial charge in [-0.25, -0.2) is 14.2 Å². The number of aromatic amines is 1. The van der Waals surface area contributed by atoms with Gasteiger partial charge in [-0.2, -0.15) is 10.1 Å². The molecule has 4 aromatic rings. The molecule has 2 aliphatic rings. The van der Waals surface area contributed by atoms with Gasteiger partial charge in [-0.05, 0) is 29.2 Å². The summed E-state index contributed by atoms with van der Waals surface area (Å²) in [6.45, 7) is 1.67. The first kappa shape index (κ1) is 27.0. The molecule has 3 aromatic carbocycles. The molecule has 0 bridgehead atoms. The number of ether oxygens (including phenoxy) is 2. The minimum absolute atomic E-state index is 0.0225. The number of aromatic nitrogens is 2. The smallest absolute Gasteiger partial charge is 0.295 e. The van der Waals surface area contributed by atoms with Crippen LogP contribution < -0.4 is 10.2 Å². The van der Waals surface area contributed by atoms with Gasteiger partial charge in [-0.3, -0.25) is 4.79 Å². The summed E-state index contributed by atoms with van der Waals surface area (Å²) in [5.41, 5.74) is 6.24. The highest BCUT2D eigenvalue weighted by Gasteiger charge is 2.31. The van der Waals surface area contributed by atoms with Gasteiger partial charge in [0.05, 0.1) is 36.3 Å². The summed E-state index contributed by atoms with van der Waals surface area (Å²) in [5, 5.41) is 23.2. The normalized spacial score (nSPS) is 22.9. The van der Waals surface area contributed by atoms with E-state index in [1.54, 1.807) is 24.3 Å². The first-order valence-electron chi connectivity index (χ1n) is 13.3. The number of hydrogen-bond acceptors (Lipinski definition) is 7. The van der Waals surface area contributed by atoms with Gasteiger partial charge in [0.1, 0.15) is 23.5 Å². The summed E-state index contributed by atoms with van der Waals surface area (Å²) >= 11 is 0. The van der Waals surface area contributed by atoms with E-state index >= 15 is 8.78 Å². The Hall–Kier alpha value is -4.19. The number of hydrogen-bond donors (Lipinski definition) is 4. The van der Waals surface area contributed by atoms with Gasteiger partial charge < -0.3 is 24.7 Å². The molecule has 1 aromatic heterocycles. The lowest BCUT2D eigenvalue weighted by molar-refractivity contribution is -0.131. The van der Waals surface area contributed by atoms with Gasteiger partial charge in [-0.1, -0.05) is 48.5 Å². The van der Waals surface area contributed by atoms with Crippen LogP contribution in [0.5, 0.6) is 6.01 Å². The molecule has 0 spiro atoms. The maximum atomic E-state index is 15.6. The van der Waals surface area contributed by atoms with E-state index in [1.165, 1.54) is 6.07 Å². The van der Waals surface area contributed by atoms with Crippen LogP contribution in [-0.2, 0) is 9.53 Å². The fourth-order valence-corrected chi connectivity index (χ4v) is 5.29. The van der Waals surface area contributed by atoms with Crippen LogP contribution in [0.15, 0.2) is 59.7 Å². The van der Waals surface area contributed by atoms with Crippen molar-refractivity contribution >= 4 is 22.7 Å². The summed E-state index contributed by atoms with van der Waals surface area (Å²) in [6, 6.07) is 15.6. The number of carbonyl (C=O) groups excluding carboxylic acids is 1. The Morgan fingerprint density at radius 1 is 1.07 bits per heavy atom. The molecule has 0 aliphatic carbocycles. The molecule has 4 N–H and O–H groups in total. The van der Waals surface area contributed by atoms with Crippen molar-refractivity contribution < 1.29 is 33.3 Å². The Kier molecular flexibility index (Phi) is 7.24. The Balaban J connectivity index is 1.21. The quantitative estimate of drug-likeness (QED) is 0.281. The molecule has 2 aliphatic heterocycles. The number of hydrazone groups is 1. The number of carbonyl (C=O) groups is 1. The third kappa shape index (κ3) is 5.31. The van der Waals surface area contributed by atoms with Crippen LogP contribution in [0, 0.1) is 11.6 Å². The third-order valence-corrected chi connectivity index (χ3v) is 7.53. The highest BCUT2D eigenvalue weighted by molar-refractivity contribution is 5.95. The molecule has 11 heteroatoms. The molecule has 0 radical (unpaired) electrons. The van der Waals surface area contributed by atoms with E-state index in [0.717, 1.165) is 22.4 Å². The molecule has 0 saturated carbocycles.